The number of fused-ring (bicyclic) bond motifs is 2. The average Bonchev–Trinajstić information content (AvgIpc) is 3.35. The minimum atomic E-state index is -4.55. The second-order valence-electron chi connectivity index (χ2n) is 8.33. The zero-order valence-corrected chi connectivity index (χ0v) is 17.5. The zero-order valence-electron chi connectivity index (χ0n) is 17.5. The SMILES string of the molecule is Cc1cc2nc([C@@H]3CCCN(C(=O)Cc4c[nH]c5ccccc45)C3)cc(C(F)(F)F)n2n1. The highest BCUT2D eigenvalue weighted by molar-refractivity contribution is 5.88. The molecule has 0 unspecified atom stereocenters. The van der Waals surface area contributed by atoms with Gasteiger partial charge < -0.3 is 9.88 Å². The van der Waals surface area contributed by atoms with E-state index >= 15 is 0 Å². The van der Waals surface area contributed by atoms with Crippen molar-refractivity contribution in [3.05, 3.63) is 65.2 Å². The van der Waals surface area contributed by atoms with Crippen molar-refractivity contribution in [1.29, 1.82) is 0 Å². The van der Waals surface area contributed by atoms with Crippen molar-refractivity contribution in [3.63, 3.8) is 0 Å². The Hall–Kier alpha value is -3.36. The first-order chi connectivity index (χ1) is 15.3. The van der Waals surface area contributed by atoms with E-state index in [9.17, 15) is 18.0 Å². The molecule has 1 aliphatic heterocycles. The summed E-state index contributed by atoms with van der Waals surface area (Å²) in [6.07, 6.45) is -1.05. The maximum atomic E-state index is 13.7. The predicted molar refractivity (Wildman–Crippen MR) is 113 cm³/mol. The van der Waals surface area contributed by atoms with Crippen LogP contribution in [0.25, 0.3) is 16.6 Å². The number of nitrogens with zero attached hydrogens (tertiary/aromatic N) is 4. The van der Waals surface area contributed by atoms with Gasteiger partial charge >= 0.3 is 6.18 Å². The third-order valence-electron chi connectivity index (χ3n) is 6.07. The highest BCUT2D eigenvalue weighted by atomic mass is 19.4. The second kappa shape index (κ2) is 7.65. The van der Waals surface area contributed by atoms with Crippen molar-refractivity contribution in [1.82, 2.24) is 24.5 Å². The molecule has 1 aliphatic rings. The van der Waals surface area contributed by atoms with Gasteiger partial charge in [0.05, 0.1) is 12.1 Å². The molecule has 0 saturated carbocycles. The molecular weight excluding hydrogens is 419 g/mol. The molecule has 3 aromatic heterocycles. The maximum absolute atomic E-state index is 13.7. The maximum Gasteiger partial charge on any atom is 0.433 e. The van der Waals surface area contributed by atoms with Crippen LogP contribution in [0.2, 0.25) is 0 Å². The summed E-state index contributed by atoms with van der Waals surface area (Å²) in [6.45, 7) is 2.59. The highest BCUT2D eigenvalue weighted by Gasteiger charge is 2.36. The Bertz CT molecular complexity index is 1310. The molecule has 4 aromatic rings. The molecule has 166 valence electrons. The summed E-state index contributed by atoms with van der Waals surface area (Å²) in [7, 11) is 0. The van der Waals surface area contributed by atoms with Gasteiger partial charge in [0.1, 0.15) is 5.69 Å². The lowest BCUT2D eigenvalue weighted by Gasteiger charge is -2.33. The standard InChI is InChI=1S/C23H22F3N5O/c1-14-9-21-28-19(11-20(23(24,25)26)31(21)29-14)15-5-4-8-30(13-15)22(32)10-16-12-27-18-7-3-2-6-17(16)18/h2-3,6-7,9,11-12,15,27H,4-5,8,10,13H2,1H3/t15-/m1/s1. The molecule has 1 aromatic carbocycles. The summed E-state index contributed by atoms with van der Waals surface area (Å²) in [5, 5.41) is 4.95. The lowest BCUT2D eigenvalue weighted by molar-refractivity contribution is -0.142. The molecule has 1 fully saturated rings. The summed E-state index contributed by atoms with van der Waals surface area (Å²) in [5.41, 5.74) is 2.05. The van der Waals surface area contributed by atoms with Crippen LogP contribution < -0.4 is 0 Å². The van der Waals surface area contributed by atoms with Gasteiger partial charge in [0, 0.05) is 47.9 Å². The third kappa shape index (κ3) is 3.72. The molecule has 0 aliphatic carbocycles. The second-order valence-corrected chi connectivity index (χ2v) is 8.33. The molecule has 6 nitrogen and oxygen atoms in total. The van der Waals surface area contributed by atoms with Crippen molar-refractivity contribution < 1.29 is 18.0 Å². The largest absolute Gasteiger partial charge is 0.433 e. The number of rotatable bonds is 3. The molecule has 32 heavy (non-hydrogen) atoms. The van der Waals surface area contributed by atoms with Crippen LogP contribution in [0.4, 0.5) is 13.2 Å². The first-order valence-corrected chi connectivity index (χ1v) is 10.6. The minimum Gasteiger partial charge on any atom is -0.361 e. The Kier molecular flexibility index (Phi) is 4.91. The van der Waals surface area contributed by atoms with Crippen LogP contribution in [0.3, 0.4) is 0 Å². The number of nitrogens with one attached hydrogen (secondary N) is 1. The van der Waals surface area contributed by atoms with Crippen LogP contribution in [0.15, 0.2) is 42.6 Å². The van der Waals surface area contributed by atoms with E-state index in [2.05, 4.69) is 15.1 Å². The summed E-state index contributed by atoms with van der Waals surface area (Å²) in [6, 6.07) is 10.4. The predicted octanol–water partition coefficient (Wildman–Crippen LogP) is 4.49. The number of para-hydroxylation sites is 1. The summed E-state index contributed by atoms with van der Waals surface area (Å²) >= 11 is 0. The molecule has 1 atom stereocenters. The Morgan fingerprint density at radius 3 is 2.88 bits per heavy atom. The molecule has 1 N–H and O–H groups in total. The molecular formula is C23H22F3N5O. The van der Waals surface area contributed by atoms with E-state index in [1.54, 1.807) is 17.9 Å². The lowest BCUT2D eigenvalue weighted by Crippen LogP contribution is -2.40. The fourth-order valence-electron chi connectivity index (χ4n) is 4.52. The molecule has 4 heterocycles. The van der Waals surface area contributed by atoms with E-state index in [4.69, 9.17) is 0 Å². The van der Waals surface area contributed by atoms with E-state index in [1.165, 1.54) is 0 Å². The van der Waals surface area contributed by atoms with Crippen LogP contribution >= 0.6 is 0 Å². The number of aromatic nitrogens is 4. The molecule has 1 amide bonds. The Morgan fingerprint density at radius 1 is 1.25 bits per heavy atom. The van der Waals surface area contributed by atoms with Crippen molar-refractivity contribution in [2.45, 2.75) is 38.3 Å². The van der Waals surface area contributed by atoms with Gasteiger partial charge in [-0.2, -0.15) is 18.3 Å². The number of H-pyrrole nitrogens is 1. The molecule has 9 heteroatoms. The number of benzene rings is 1. The number of hydrogen-bond donors (Lipinski definition) is 1. The number of halogens is 3. The first-order valence-electron chi connectivity index (χ1n) is 10.6. The number of alkyl halides is 3. The molecule has 0 radical (unpaired) electrons. The molecule has 0 bridgehead atoms. The quantitative estimate of drug-likeness (QED) is 0.510. The van der Waals surface area contributed by atoms with Crippen molar-refractivity contribution in [3.8, 4) is 0 Å². The van der Waals surface area contributed by atoms with Crippen LogP contribution in [0.5, 0.6) is 0 Å². The van der Waals surface area contributed by atoms with Crippen LogP contribution in [-0.2, 0) is 17.4 Å². The zero-order chi connectivity index (χ0) is 22.5. The first kappa shape index (κ1) is 20.5. The fourth-order valence-corrected chi connectivity index (χ4v) is 4.52. The number of amides is 1. The lowest BCUT2D eigenvalue weighted by atomic mass is 9.93. The summed E-state index contributed by atoms with van der Waals surface area (Å²) in [5.74, 6) is -0.284. The molecule has 5 rings (SSSR count). The summed E-state index contributed by atoms with van der Waals surface area (Å²) < 4.78 is 41.8. The van der Waals surface area contributed by atoms with E-state index in [0.29, 0.717) is 30.9 Å². The fraction of sp³-hybridized carbons (Fsp3) is 0.348. The van der Waals surface area contributed by atoms with Gasteiger partial charge in [-0.25, -0.2) is 9.50 Å². The third-order valence-corrected chi connectivity index (χ3v) is 6.07. The topological polar surface area (TPSA) is 66.3 Å². The van der Waals surface area contributed by atoms with Gasteiger partial charge in [-0.3, -0.25) is 4.79 Å². The Labute approximate surface area is 182 Å². The number of hydrogen-bond acceptors (Lipinski definition) is 3. The highest BCUT2D eigenvalue weighted by Crippen LogP contribution is 2.34. The van der Waals surface area contributed by atoms with E-state index in [1.807, 2.05) is 30.5 Å². The van der Waals surface area contributed by atoms with E-state index < -0.39 is 11.9 Å². The van der Waals surface area contributed by atoms with Gasteiger partial charge in [0.25, 0.3) is 0 Å². The van der Waals surface area contributed by atoms with Gasteiger partial charge in [-0.1, -0.05) is 18.2 Å². The van der Waals surface area contributed by atoms with Gasteiger partial charge in [-0.05, 0) is 37.5 Å². The van der Waals surface area contributed by atoms with Crippen LogP contribution in [0, 0.1) is 6.92 Å². The number of aromatic amines is 1. The number of piperidine rings is 1. The smallest absolute Gasteiger partial charge is 0.361 e. The van der Waals surface area contributed by atoms with Crippen LogP contribution in [0.1, 0.15) is 41.4 Å². The number of carbonyl (C=O) groups excluding carboxylic acids is 1. The number of aryl methyl sites for hydroxylation is 1. The normalized spacial score (nSPS) is 17.4. The van der Waals surface area contributed by atoms with E-state index in [-0.39, 0.29) is 23.9 Å². The van der Waals surface area contributed by atoms with Crippen molar-refractivity contribution in [2.75, 3.05) is 13.1 Å². The van der Waals surface area contributed by atoms with Crippen molar-refractivity contribution in [2.24, 2.45) is 0 Å². The Morgan fingerprint density at radius 2 is 2.06 bits per heavy atom. The molecule has 0 spiro atoms. The average molecular weight is 441 g/mol. The minimum absolute atomic E-state index is 0.0308. The Balaban J connectivity index is 1.40. The van der Waals surface area contributed by atoms with Gasteiger partial charge in [0.2, 0.25) is 5.91 Å². The van der Waals surface area contributed by atoms with Gasteiger partial charge in [-0.15, -0.1) is 0 Å². The molecule has 1 saturated heterocycles. The van der Waals surface area contributed by atoms with Gasteiger partial charge in [0.15, 0.2) is 5.65 Å². The number of likely N-dealkylation sites (tertiary alicyclic amines) is 1. The number of carbonyl (C=O) groups is 1. The van der Waals surface area contributed by atoms with E-state index in [0.717, 1.165) is 33.5 Å². The summed E-state index contributed by atoms with van der Waals surface area (Å²) in [4.78, 5) is 22.4. The van der Waals surface area contributed by atoms with Crippen molar-refractivity contribution >= 4 is 22.5 Å². The van der Waals surface area contributed by atoms with Crippen LogP contribution in [-0.4, -0.2) is 43.5 Å². The monoisotopic (exact) mass is 441 g/mol.